The number of carbonyl (C=O) groups excluding carboxylic acids is 1. The molecule has 1 aliphatic heterocycles. The molecule has 1 aromatic carbocycles. The van der Waals surface area contributed by atoms with Crippen LogP contribution in [0.2, 0.25) is 0 Å². The Morgan fingerprint density at radius 3 is 2.84 bits per heavy atom. The fourth-order valence-electron chi connectivity index (χ4n) is 4.02. The van der Waals surface area contributed by atoms with Crippen LogP contribution in [0, 0.1) is 12.7 Å². The number of nitrogens with one attached hydrogen (secondary N) is 2. The molecule has 1 fully saturated rings. The van der Waals surface area contributed by atoms with E-state index in [2.05, 4.69) is 25.5 Å². The van der Waals surface area contributed by atoms with E-state index in [0.717, 1.165) is 46.9 Å². The van der Waals surface area contributed by atoms with Crippen LogP contribution < -0.4 is 5.32 Å². The SMILES string of the molecule is Cc1ccc2[nH]nc(C(=O)N3CCC[C@H]3c3ccc(Nc4ccc(F)cn4)cn3)c2c1. The Bertz CT molecular complexity index is 1240. The van der Waals surface area contributed by atoms with E-state index in [9.17, 15) is 9.18 Å². The van der Waals surface area contributed by atoms with Crippen molar-refractivity contribution in [1.29, 1.82) is 0 Å². The van der Waals surface area contributed by atoms with Crippen molar-refractivity contribution in [2.45, 2.75) is 25.8 Å². The first kappa shape index (κ1) is 19.2. The fraction of sp³-hybridized carbons (Fsp3) is 0.217. The molecule has 8 heteroatoms. The normalized spacial score (nSPS) is 16.1. The summed E-state index contributed by atoms with van der Waals surface area (Å²) >= 11 is 0. The third-order valence-electron chi connectivity index (χ3n) is 5.56. The highest BCUT2D eigenvalue weighted by atomic mass is 19.1. The van der Waals surface area contributed by atoms with Crippen molar-refractivity contribution >= 4 is 28.3 Å². The lowest BCUT2D eigenvalue weighted by atomic mass is 10.1. The molecule has 4 aromatic rings. The summed E-state index contributed by atoms with van der Waals surface area (Å²) in [5, 5.41) is 11.2. The van der Waals surface area contributed by atoms with Gasteiger partial charge in [-0.05, 0) is 56.2 Å². The van der Waals surface area contributed by atoms with Gasteiger partial charge in [0.25, 0.3) is 5.91 Å². The number of amides is 1. The molecule has 156 valence electrons. The standard InChI is InChI=1S/C23H21FN6O/c1-14-4-7-18-17(11-14)22(29-28-18)23(31)30-10-2-3-20(30)19-8-6-16(13-25-19)27-21-9-5-15(24)12-26-21/h4-9,11-13,20H,2-3,10H2,1H3,(H,26,27)(H,28,29)/t20-/m0/s1. The molecule has 2 N–H and O–H groups in total. The lowest BCUT2D eigenvalue weighted by Gasteiger charge is -2.24. The number of aromatic amines is 1. The minimum atomic E-state index is -0.384. The summed E-state index contributed by atoms with van der Waals surface area (Å²) in [6.45, 7) is 2.67. The van der Waals surface area contributed by atoms with Crippen molar-refractivity contribution in [3.63, 3.8) is 0 Å². The molecule has 1 atom stereocenters. The van der Waals surface area contributed by atoms with Crippen molar-refractivity contribution in [2.24, 2.45) is 0 Å². The number of rotatable bonds is 4. The average Bonchev–Trinajstić information content (AvgIpc) is 3.43. The molecule has 1 aliphatic rings. The van der Waals surface area contributed by atoms with E-state index in [1.165, 1.54) is 6.07 Å². The van der Waals surface area contributed by atoms with E-state index < -0.39 is 0 Å². The molecular formula is C23H21FN6O. The van der Waals surface area contributed by atoms with Gasteiger partial charge in [0, 0.05) is 11.9 Å². The maximum atomic E-state index is 13.3. The van der Waals surface area contributed by atoms with Gasteiger partial charge >= 0.3 is 0 Å². The number of aryl methyl sites for hydroxylation is 1. The third-order valence-corrected chi connectivity index (χ3v) is 5.56. The quantitative estimate of drug-likeness (QED) is 0.511. The van der Waals surface area contributed by atoms with Crippen LogP contribution in [0.3, 0.4) is 0 Å². The number of nitrogens with zero attached hydrogens (tertiary/aromatic N) is 4. The first-order valence-electron chi connectivity index (χ1n) is 10.2. The molecule has 0 bridgehead atoms. The molecule has 31 heavy (non-hydrogen) atoms. The second-order valence-corrected chi connectivity index (χ2v) is 7.74. The number of hydrogen-bond acceptors (Lipinski definition) is 5. The lowest BCUT2D eigenvalue weighted by Crippen LogP contribution is -2.31. The van der Waals surface area contributed by atoms with Crippen molar-refractivity contribution in [2.75, 3.05) is 11.9 Å². The minimum Gasteiger partial charge on any atom is -0.339 e. The molecule has 4 heterocycles. The van der Waals surface area contributed by atoms with Crippen molar-refractivity contribution in [3.05, 3.63) is 77.6 Å². The van der Waals surface area contributed by atoms with Gasteiger partial charge in [-0.15, -0.1) is 0 Å². The third kappa shape index (κ3) is 3.72. The number of benzene rings is 1. The van der Waals surface area contributed by atoms with Gasteiger partial charge in [0.05, 0.1) is 35.3 Å². The van der Waals surface area contributed by atoms with Gasteiger partial charge in [-0.1, -0.05) is 11.6 Å². The Hall–Kier alpha value is -3.81. The van der Waals surface area contributed by atoms with Gasteiger partial charge in [0.1, 0.15) is 11.6 Å². The van der Waals surface area contributed by atoms with Crippen LogP contribution in [0.5, 0.6) is 0 Å². The number of anilines is 2. The topological polar surface area (TPSA) is 86.8 Å². The summed E-state index contributed by atoms with van der Waals surface area (Å²) in [5.41, 5.74) is 3.97. The van der Waals surface area contributed by atoms with Crippen LogP contribution in [-0.2, 0) is 0 Å². The van der Waals surface area contributed by atoms with Gasteiger partial charge < -0.3 is 10.2 Å². The molecular weight excluding hydrogens is 395 g/mol. The van der Waals surface area contributed by atoms with Crippen LogP contribution in [-0.4, -0.2) is 37.5 Å². The summed E-state index contributed by atoms with van der Waals surface area (Å²) in [6, 6.07) is 12.5. The summed E-state index contributed by atoms with van der Waals surface area (Å²) < 4.78 is 13.0. The highest BCUT2D eigenvalue weighted by molar-refractivity contribution is 6.05. The molecule has 1 amide bonds. The molecule has 3 aromatic heterocycles. The number of likely N-dealkylation sites (tertiary alicyclic amines) is 1. The predicted molar refractivity (Wildman–Crippen MR) is 116 cm³/mol. The maximum Gasteiger partial charge on any atom is 0.275 e. The van der Waals surface area contributed by atoms with Crippen molar-refractivity contribution in [1.82, 2.24) is 25.1 Å². The van der Waals surface area contributed by atoms with Gasteiger partial charge in [-0.3, -0.25) is 14.9 Å². The molecule has 5 rings (SSSR count). The molecule has 0 unspecified atom stereocenters. The van der Waals surface area contributed by atoms with Gasteiger partial charge in [-0.25, -0.2) is 9.37 Å². The number of fused-ring (bicyclic) bond motifs is 1. The Labute approximate surface area is 178 Å². The number of carbonyl (C=O) groups is 1. The second-order valence-electron chi connectivity index (χ2n) is 7.74. The summed E-state index contributed by atoms with van der Waals surface area (Å²) in [6.07, 6.45) is 4.63. The molecule has 7 nitrogen and oxygen atoms in total. The van der Waals surface area contributed by atoms with Gasteiger partial charge in [0.15, 0.2) is 5.69 Å². The largest absolute Gasteiger partial charge is 0.339 e. The van der Waals surface area contributed by atoms with Crippen molar-refractivity contribution in [3.8, 4) is 0 Å². The fourth-order valence-corrected chi connectivity index (χ4v) is 4.02. The molecule has 1 saturated heterocycles. The van der Waals surface area contributed by atoms with E-state index in [1.807, 2.05) is 42.2 Å². The molecule has 0 spiro atoms. The Kier molecular flexibility index (Phi) is 4.82. The molecule has 0 aliphatic carbocycles. The van der Waals surface area contributed by atoms with E-state index in [0.29, 0.717) is 18.1 Å². The van der Waals surface area contributed by atoms with E-state index in [-0.39, 0.29) is 17.8 Å². The molecule has 0 radical (unpaired) electrons. The minimum absolute atomic E-state index is 0.0844. The monoisotopic (exact) mass is 416 g/mol. The van der Waals surface area contributed by atoms with E-state index >= 15 is 0 Å². The number of hydrogen-bond donors (Lipinski definition) is 2. The average molecular weight is 416 g/mol. The summed E-state index contributed by atoms with van der Waals surface area (Å²) in [7, 11) is 0. The van der Waals surface area contributed by atoms with Crippen LogP contribution in [0.1, 0.15) is 40.6 Å². The molecule has 0 saturated carbocycles. The van der Waals surface area contributed by atoms with Gasteiger partial charge in [0.2, 0.25) is 0 Å². The zero-order chi connectivity index (χ0) is 21.4. The zero-order valence-corrected chi connectivity index (χ0v) is 17.0. The lowest BCUT2D eigenvalue weighted by molar-refractivity contribution is 0.0729. The van der Waals surface area contributed by atoms with Gasteiger partial charge in [-0.2, -0.15) is 5.10 Å². The Morgan fingerprint density at radius 1 is 1.16 bits per heavy atom. The highest BCUT2D eigenvalue weighted by Crippen LogP contribution is 2.33. The number of pyridine rings is 2. The smallest absolute Gasteiger partial charge is 0.275 e. The first-order valence-corrected chi connectivity index (χ1v) is 10.2. The Balaban J connectivity index is 1.36. The predicted octanol–water partition coefficient (Wildman–Crippen LogP) is 4.52. The van der Waals surface area contributed by atoms with E-state index in [4.69, 9.17) is 0 Å². The number of H-pyrrole nitrogens is 1. The number of halogens is 1. The maximum absolute atomic E-state index is 13.3. The van der Waals surface area contributed by atoms with Crippen LogP contribution in [0.4, 0.5) is 15.9 Å². The second kappa shape index (κ2) is 7.79. The zero-order valence-electron chi connectivity index (χ0n) is 17.0. The highest BCUT2D eigenvalue weighted by Gasteiger charge is 2.33. The van der Waals surface area contributed by atoms with Crippen LogP contribution in [0.15, 0.2) is 54.9 Å². The summed E-state index contributed by atoms with van der Waals surface area (Å²) in [5.74, 6) is 0.0676. The Morgan fingerprint density at radius 2 is 2.06 bits per heavy atom. The van der Waals surface area contributed by atoms with Crippen molar-refractivity contribution < 1.29 is 9.18 Å². The summed E-state index contributed by atoms with van der Waals surface area (Å²) in [4.78, 5) is 23.7. The number of aromatic nitrogens is 4. The first-order chi connectivity index (χ1) is 15.1. The van der Waals surface area contributed by atoms with E-state index in [1.54, 1.807) is 12.3 Å². The van der Waals surface area contributed by atoms with Crippen LogP contribution in [0.25, 0.3) is 10.9 Å². The van der Waals surface area contributed by atoms with Crippen LogP contribution >= 0.6 is 0 Å².